The molecule has 0 bridgehead atoms. The average molecular weight is 389 g/mol. The molecule has 0 unspecified atom stereocenters. The largest absolute Gasteiger partial charge is 0.474 e. The Kier molecular flexibility index (Phi) is 4.81. The molecule has 2 aliphatic rings. The van der Waals surface area contributed by atoms with Gasteiger partial charge in [0.15, 0.2) is 0 Å². The molecule has 0 radical (unpaired) electrons. The van der Waals surface area contributed by atoms with Crippen LogP contribution in [0.3, 0.4) is 0 Å². The Morgan fingerprint density at radius 1 is 1.14 bits per heavy atom. The monoisotopic (exact) mass is 389 g/mol. The van der Waals surface area contributed by atoms with Crippen molar-refractivity contribution in [3.8, 4) is 17.1 Å². The Balaban J connectivity index is 1.48. The molecule has 7 nitrogen and oxygen atoms in total. The molecule has 148 valence electrons. The van der Waals surface area contributed by atoms with Crippen molar-refractivity contribution >= 4 is 5.71 Å². The molecule has 0 spiro atoms. The van der Waals surface area contributed by atoms with Gasteiger partial charge in [-0.15, -0.1) is 0 Å². The zero-order chi connectivity index (χ0) is 19.6. The maximum atomic E-state index is 6.28. The third-order valence-corrected chi connectivity index (χ3v) is 5.38. The number of aryl methyl sites for hydroxylation is 1. The predicted molar refractivity (Wildman–Crippen MR) is 109 cm³/mol. The highest BCUT2D eigenvalue weighted by atomic mass is 16.5. The van der Waals surface area contributed by atoms with Gasteiger partial charge in [-0.2, -0.15) is 5.10 Å². The summed E-state index contributed by atoms with van der Waals surface area (Å²) in [6, 6.07) is 6.08. The summed E-state index contributed by atoms with van der Waals surface area (Å²) in [6.45, 7) is 5.01. The van der Waals surface area contributed by atoms with Crippen LogP contribution in [0, 0.1) is 0 Å². The van der Waals surface area contributed by atoms with Crippen molar-refractivity contribution in [2.45, 2.75) is 39.0 Å². The zero-order valence-electron chi connectivity index (χ0n) is 16.4. The van der Waals surface area contributed by atoms with Crippen LogP contribution in [0.1, 0.15) is 36.5 Å². The first-order valence-corrected chi connectivity index (χ1v) is 10.1. The van der Waals surface area contributed by atoms with E-state index in [0.29, 0.717) is 12.4 Å². The second-order valence-electron chi connectivity index (χ2n) is 7.26. The summed E-state index contributed by atoms with van der Waals surface area (Å²) in [6.07, 6.45) is 9.40. The lowest BCUT2D eigenvalue weighted by Crippen LogP contribution is -2.27. The molecule has 7 heteroatoms. The van der Waals surface area contributed by atoms with E-state index in [1.54, 1.807) is 0 Å². The zero-order valence-corrected chi connectivity index (χ0v) is 16.4. The minimum absolute atomic E-state index is 0.137. The minimum Gasteiger partial charge on any atom is -0.474 e. The fourth-order valence-corrected chi connectivity index (χ4v) is 3.79. The number of hydrogen-bond donors (Lipinski definition) is 0. The summed E-state index contributed by atoms with van der Waals surface area (Å²) < 4.78 is 13.6. The predicted octanol–water partition coefficient (Wildman–Crippen LogP) is 3.27. The first-order chi connectivity index (χ1) is 14.3. The van der Waals surface area contributed by atoms with Crippen LogP contribution in [0.15, 0.2) is 48.0 Å². The first-order valence-electron chi connectivity index (χ1n) is 10.1. The number of ether oxygens (including phenoxy) is 2. The Bertz CT molecular complexity index is 1050. The van der Waals surface area contributed by atoms with E-state index < -0.39 is 0 Å². The SMILES string of the molecule is CCn1cc(-c2cc(C3=NCc4ccnc(OC5CCOCC5)c43)ccn2)cn1. The fourth-order valence-electron chi connectivity index (χ4n) is 3.79. The molecule has 0 amide bonds. The van der Waals surface area contributed by atoms with Gasteiger partial charge in [0, 0.05) is 49.1 Å². The van der Waals surface area contributed by atoms with Crippen molar-refractivity contribution in [1.29, 1.82) is 0 Å². The maximum absolute atomic E-state index is 6.28. The van der Waals surface area contributed by atoms with Crippen LogP contribution in [0.2, 0.25) is 0 Å². The normalized spacial score (nSPS) is 16.5. The van der Waals surface area contributed by atoms with Gasteiger partial charge in [-0.1, -0.05) is 0 Å². The number of aliphatic imine (C=N–C) groups is 1. The van der Waals surface area contributed by atoms with Gasteiger partial charge in [0.25, 0.3) is 0 Å². The molecule has 5 rings (SSSR count). The molecule has 0 aliphatic carbocycles. The van der Waals surface area contributed by atoms with Gasteiger partial charge in [-0.25, -0.2) is 4.98 Å². The molecular formula is C22H23N5O2. The Labute approximate surface area is 169 Å². The van der Waals surface area contributed by atoms with Gasteiger partial charge in [-0.05, 0) is 30.7 Å². The number of hydrogen-bond acceptors (Lipinski definition) is 6. The van der Waals surface area contributed by atoms with Crippen molar-refractivity contribution in [1.82, 2.24) is 19.7 Å². The topological polar surface area (TPSA) is 74.4 Å². The molecule has 0 saturated carbocycles. The summed E-state index contributed by atoms with van der Waals surface area (Å²) in [4.78, 5) is 13.9. The Hall–Kier alpha value is -3.06. The van der Waals surface area contributed by atoms with Crippen LogP contribution in [0.5, 0.6) is 5.88 Å². The van der Waals surface area contributed by atoms with E-state index in [-0.39, 0.29) is 6.10 Å². The second-order valence-corrected chi connectivity index (χ2v) is 7.26. The average Bonchev–Trinajstić information content (AvgIpc) is 3.42. The third-order valence-electron chi connectivity index (χ3n) is 5.38. The van der Waals surface area contributed by atoms with E-state index in [1.165, 1.54) is 0 Å². The van der Waals surface area contributed by atoms with Crippen molar-refractivity contribution < 1.29 is 9.47 Å². The number of fused-ring (bicyclic) bond motifs is 1. The van der Waals surface area contributed by atoms with Gasteiger partial charge >= 0.3 is 0 Å². The Morgan fingerprint density at radius 3 is 2.83 bits per heavy atom. The summed E-state index contributed by atoms with van der Waals surface area (Å²) >= 11 is 0. The number of nitrogens with zero attached hydrogens (tertiary/aromatic N) is 5. The van der Waals surface area contributed by atoms with E-state index in [0.717, 1.165) is 66.3 Å². The van der Waals surface area contributed by atoms with E-state index in [9.17, 15) is 0 Å². The lowest BCUT2D eigenvalue weighted by Gasteiger charge is -2.24. The Morgan fingerprint density at radius 2 is 2.00 bits per heavy atom. The molecule has 29 heavy (non-hydrogen) atoms. The molecule has 0 N–H and O–H groups in total. The van der Waals surface area contributed by atoms with Gasteiger partial charge in [0.05, 0.1) is 42.9 Å². The second kappa shape index (κ2) is 7.75. The first kappa shape index (κ1) is 18.0. The number of pyridine rings is 2. The molecule has 1 fully saturated rings. The highest BCUT2D eigenvalue weighted by Crippen LogP contribution is 2.31. The lowest BCUT2D eigenvalue weighted by atomic mass is 10.0. The van der Waals surface area contributed by atoms with E-state index >= 15 is 0 Å². The summed E-state index contributed by atoms with van der Waals surface area (Å²) in [5.41, 5.74) is 5.96. The molecular weight excluding hydrogens is 366 g/mol. The quantitative estimate of drug-likeness (QED) is 0.670. The third kappa shape index (κ3) is 3.53. The van der Waals surface area contributed by atoms with Crippen LogP contribution in [0.25, 0.3) is 11.3 Å². The van der Waals surface area contributed by atoms with Gasteiger partial charge in [0.2, 0.25) is 5.88 Å². The van der Waals surface area contributed by atoms with Gasteiger partial charge in [-0.3, -0.25) is 14.7 Å². The van der Waals surface area contributed by atoms with Crippen LogP contribution in [-0.4, -0.2) is 44.8 Å². The van der Waals surface area contributed by atoms with Crippen molar-refractivity contribution in [2.24, 2.45) is 4.99 Å². The van der Waals surface area contributed by atoms with Crippen LogP contribution in [-0.2, 0) is 17.8 Å². The van der Waals surface area contributed by atoms with Gasteiger partial charge in [0.1, 0.15) is 6.10 Å². The number of aromatic nitrogens is 4. The van der Waals surface area contributed by atoms with E-state index in [1.807, 2.05) is 41.6 Å². The van der Waals surface area contributed by atoms with Crippen LogP contribution >= 0.6 is 0 Å². The molecule has 1 saturated heterocycles. The summed E-state index contributed by atoms with van der Waals surface area (Å²) in [7, 11) is 0. The van der Waals surface area contributed by atoms with Crippen LogP contribution < -0.4 is 4.74 Å². The summed E-state index contributed by atoms with van der Waals surface area (Å²) in [5.74, 6) is 0.669. The molecule has 2 aliphatic heterocycles. The molecule has 0 atom stereocenters. The highest BCUT2D eigenvalue weighted by Gasteiger charge is 2.26. The molecule has 3 aromatic rings. The van der Waals surface area contributed by atoms with E-state index in [2.05, 4.69) is 28.1 Å². The van der Waals surface area contributed by atoms with Crippen molar-refractivity contribution in [3.63, 3.8) is 0 Å². The standard InChI is InChI=1S/C22H23N5O2/c1-2-27-14-17(13-26-27)19-11-15(3-7-23-19)21-20-16(12-25-21)4-8-24-22(20)29-18-5-9-28-10-6-18/h3-4,7-8,11,13-14,18H,2,5-6,9-10,12H2,1H3. The van der Waals surface area contributed by atoms with E-state index in [4.69, 9.17) is 14.5 Å². The number of rotatable bonds is 5. The fraction of sp³-hybridized carbons (Fsp3) is 0.364. The van der Waals surface area contributed by atoms with Gasteiger partial charge < -0.3 is 9.47 Å². The van der Waals surface area contributed by atoms with Crippen molar-refractivity contribution in [3.05, 3.63) is 59.7 Å². The maximum Gasteiger partial charge on any atom is 0.223 e. The molecule has 0 aromatic carbocycles. The molecule has 3 aromatic heterocycles. The summed E-state index contributed by atoms with van der Waals surface area (Å²) in [5, 5.41) is 4.36. The highest BCUT2D eigenvalue weighted by molar-refractivity contribution is 6.16. The smallest absolute Gasteiger partial charge is 0.223 e. The lowest BCUT2D eigenvalue weighted by molar-refractivity contribution is 0.0236. The molecule has 5 heterocycles. The van der Waals surface area contributed by atoms with Crippen molar-refractivity contribution in [2.75, 3.05) is 13.2 Å². The van der Waals surface area contributed by atoms with Crippen LogP contribution in [0.4, 0.5) is 0 Å². The minimum atomic E-state index is 0.137.